The van der Waals surface area contributed by atoms with Gasteiger partial charge in [0.25, 0.3) is 0 Å². The van der Waals surface area contributed by atoms with Crippen molar-refractivity contribution in [2.75, 3.05) is 44.2 Å². The van der Waals surface area contributed by atoms with E-state index in [-0.39, 0.29) is 5.92 Å². The smallest absolute Gasteiger partial charge is 0.226 e. The lowest BCUT2D eigenvalue weighted by molar-refractivity contribution is -0.136. The molecule has 6 nitrogen and oxygen atoms in total. The van der Waals surface area contributed by atoms with Gasteiger partial charge in [-0.2, -0.15) is 0 Å². The molecule has 3 aliphatic rings. The number of aromatic nitrogens is 2. The van der Waals surface area contributed by atoms with Gasteiger partial charge in [0.05, 0.1) is 17.3 Å². The Balaban J connectivity index is 1.33. The predicted octanol–water partition coefficient (Wildman–Crippen LogP) is 2.40. The molecule has 0 radical (unpaired) electrons. The quantitative estimate of drug-likeness (QED) is 0.817. The van der Waals surface area contributed by atoms with E-state index in [0.717, 1.165) is 82.2 Å². The van der Waals surface area contributed by atoms with Crippen molar-refractivity contribution in [3.63, 3.8) is 0 Å². The van der Waals surface area contributed by atoms with E-state index in [1.165, 1.54) is 12.8 Å². The zero-order valence-corrected chi connectivity index (χ0v) is 16.9. The number of likely N-dealkylation sites (tertiary alicyclic amines) is 2. The summed E-state index contributed by atoms with van der Waals surface area (Å²) < 4.78 is 0. The van der Waals surface area contributed by atoms with Crippen molar-refractivity contribution in [1.82, 2.24) is 19.8 Å². The van der Waals surface area contributed by atoms with Crippen LogP contribution in [0.4, 0.5) is 5.82 Å². The maximum atomic E-state index is 12.8. The van der Waals surface area contributed by atoms with Crippen LogP contribution in [-0.2, 0) is 4.79 Å². The molecule has 1 atom stereocenters. The highest BCUT2D eigenvalue weighted by atomic mass is 16.2. The highest BCUT2D eigenvalue weighted by molar-refractivity contribution is 5.79. The number of rotatable bonds is 3. The Bertz CT molecular complexity index is 665. The number of hydrogen-bond acceptors (Lipinski definition) is 5. The van der Waals surface area contributed by atoms with Crippen molar-refractivity contribution < 1.29 is 4.79 Å². The van der Waals surface area contributed by atoms with Gasteiger partial charge in [0.15, 0.2) is 0 Å². The van der Waals surface area contributed by atoms with E-state index >= 15 is 0 Å². The van der Waals surface area contributed by atoms with Crippen LogP contribution in [0, 0.1) is 19.8 Å². The van der Waals surface area contributed by atoms with Gasteiger partial charge in [0, 0.05) is 45.0 Å². The van der Waals surface area contributed by atoms with Crippen molar-refractivity contribution in [1.29, 1.82) is 0 Å². The third-order valence-corrected chi connectivity index (χ3v) is 6.55. The number of anilines is 1. The Kier molecular flexibility index (Phi) is 5.62. The van der Waals surface area contributed by atoms with Gasteiger partial charge in [0.1, 0.15) is 5.82 Å². The summed E-state index contributed by atoms with van der Waals surface area (Å²) in [6.07, 6.45) is 8.75. The van der Waals surface area contributed by atoms with Gasteiger partial charge < -0.3 is 9.80 Å². The summed E-state index contributed by atoms with van der Waals surface area (Å²) in [7, 11) is 0. The molecule has 0 spiro atoms. The lowest BCUT2D eigenvalue weighted by atomic mass is 9.93. The second-order valence-electron chi connectivity index (χ2n) is 8.51. The molecule has 27 heavy (non-hydrogen) atoms. The van der Waals surface area contributed by atoms with Crippen molar-refractivity contribution in [2.24, 2.45) is 5.92 Å². The third-order valence-electron chi connectivity index (χ3n) is 6.55. The number of nitrogens with zero attached hydrogens (tertiary/aromatic N) is 5. The van der Waals surface area contributed by atoms with Crippen LogP contribution in [0.1, 0.15) is 49.9 Å². The first-order chi connectivity index (χ1) is 13.1. The Morgan fingerprint density at radius 1 is 1.00 bits per heavy atom. The molecule has 1 unspecified atom stereocenters. The highest BCUT2D eigenvalue weighted by Gasteiger charge is 2.34. The molecular formula is C21H33N5O. The minimum Gasteiger partial charge on any atom is -0.355 e. The molecule has 3 fully saturated rings. The average Bonchev–Trinajstić information content (AvgIpc) is 3.24. The van der Waals surface area contributed by atoms with E-state index in [1.807, 2.05) is 20.0 Å². The summed E-state index contributed by atoms with van der Waals surface area (Å²) in [5.74, 6) is 1.69. The van der Waals surface area contributed by atoms with Gasteiger partial charge in [-0.3, -0.25) is 14.7 Å². The minimum atomic E-state index is 0.222. The Labute approximate surface area is 162 Å². The summed E-state index contributed by atoms with van der Waals surface area (Å²) in [4.78, 5) is 29.1. The standard InChI is InChI=1S/C21H33N5O/c1-16-14-22-17(2)20(23-16)24-12-7-19(8-13-24)26-11-5-6-18(15-26)21(27)25-9-3-4-10-25/h14,18-19H,3-13,15H2,1-2H3. The fourth-order valence-corrected chi connectivity index (χ4v) is 5.00. The summed E-state index contributed by atoms with van der Waals surface area (Å²) in [5, 5.41) is 0. The van der Waals surface area contributed by atoms with Crippen molar-refractivity contribution in [3.8, 4) is 0 Å². The normalized spacial score (nSPS) is 25.2. The Morgan fingerprint density at radius 2 is 1.74 bits per heavy atom. The van der Waals surface area contributed by atoms with E-state index in [2.05, 4.69) is 19.7 Å². The number of amides is 1. The largest absolute Gasteiger partial charge is 0.355 e. The summed E-state index contributed by atoms with van der Waals surface area (Å²) >= 11 is 0. The lowest BCUT2D eigenvalue weighted by Gasteiger charge is -2.43. The zero-order chi connectivity index (χ0) is 18.8. The Morgan fingerprint density at radius 3 is 2.48 bits per heavy atom. The van der Waals surface area contributed by atoms with E-state index in [1.54, 1.807) is 0 Å². The molecular weight excluding hydrogens is 338 g/mol. The molecule has 0 N–H and O–H groups in total. The van der Waals surface area contributed by atoms with Crippen LogP contribution in [0.2, 0.25) is 0 Å². The summed E-state index contributed by atoms with van der Waals surface area (Å²) in [6.45, 7) is 10.2. The number of carbonyl (C=O) groups excluding carboxylic acids is 1. The maximum Gasteiger partial charge on any atom is 0.226 e. The minimum absolute atomic E-state index is 0.222. The van der Waals surface area contributed by atoms with Crippen molar-refractivity contribution >= 4 is 11.7 Å². The van der Waals surface area contributed by atoms with Gasteiger partial charge in [-0.1, -0.05) is 0 Å². The predicted molar refractivity (Wildman–Crippen MR) is 107 cm³/mol. The van der Waals surface area contributed by atoms with Crippen LogP contribution in [0.5, 0.6) is 0 Å². The highest BCUT2D eigenvalue weighted by Crippen LogP contribution is 2.28. The van der Waals surface area contributed by atoms with Crippen LogP contribution >= 0.6 is 0 Å². The van der Waals surface area contributed by atoms with Gasteiger partial charge in [-0.15, -0.1) is 0 Å². The van der Waals surface area contributed by atoms with Crippen LogP contribution in [0.3, 0.4) is 0 Å². The van der Waals surface area contributed by atoms with E-state index in [0.29, 0.717) is 11.9 Å². The molecule has 0 aliphatic carbocycles. The average molecular weight is 372 g/mol. The Hall–Kier alpha value is -1.69. The second kappa shape index (κ2) is 8.13. The van der Waals surface area contributed by atoms with Gasteiger partial charge in [0.2, 0.25) is 5.91 Å². The summed E-state index contributed by atoms with van der Waals surface area (Å²) in [6, 6.07) is 0.605. The van der Waals surface area contributed by atoms with Crippen LogP contribution in [0.15, 0.2) is 6.20 Å². The van der Waals surface area contributed by atoms with E-state index < -0.39 is 0 Å². The van der Waals surface area contributed by atoms with Gasteiger partial charge in [-0.05, 0) is 58.9 Å². The first kappa shape index (κ1) is 18.7. The van der Waals surface area contributed by atoms with Gasteiger partial charge >= 0.3 is 0 Å². The summed E-state index contributed by atoms with van der Waals surface area (Å²) in [5.41, 5.74) is 2.00. The molecule has 1 aromatic rings. The molecule has 1 amide bonds. The number of carbonyl (C=O) groups is 1. The molecule has 0 bridgehead atoms. The first-order valence-electron chi connectivity index (χ1n) is 10.7. The zero-order valence-electron chi connectivity index (χ0n) is 16.9. The molecule has 3 aliphatic heterocycles. The number of hydrogen-bond donors (Lipinski definition) is 0. The monoisotopic (exact) mass is 371 g/mol. The molecule has 4 rings (SSSR count). The third kappa shape index (κ3) is 4.10. The second-order valence-corrected chi connectivity index (χ2v) is 8.51. The molecule has 6 heteroatoms. The molecule has 3 saturated heterocycles. The first-order valence-corrected chi connectivity index (χ1v) is 10.7. The van der Waals surface area contributed by atoms with Crippen LogP contribution in [0.25, 0.3) is 0 Å². The van der Waals surface area contributed by atoms with Gasteiger partial charge in [-0.25, -0.2) is 4.98 Å². The molecule has 0 saturated carbocycles. The topological polar surface area (TPSA) is 52.6 Å². The lowest BCUT2D eigenvalue weighted by Crippen LogP contribution is -2.51. The fourth-order valence-electron chi connectivity index (χ4n) is 5.00. The van der Waals surface area contributed by atoms with Crippen molar-refractivity contribution in [2.45, 2.75) is 58.4 Å². The van der Waals surface area contributed by atoms with Crippen LogP contribution in [-0.4, -0.2) is 71.0 Å². The van der Waals surface area contributed by atoms with E-state index in [4.69, 9.17) is 4.98 Å². The number of piperidine rings is 2. The fraction of sp³-hybridized carbons (Fsp3) is 0.762. The molecule has 148 valence electrons. The molecule has 0 aromatic carbocycles. The maximum absolute atomic E-state index is 12.8. The SMILES string of the molecule is Cc1cnc(C)c(N2CCC(N3CCCC(C(=O)N4CCCC4)C3)CC2)n1. The van der Waals surface area contributed by atoms with E-state index in [9.17, 15) is 4.79 Å². The number of aryl methyl sites for hydroxylation is 2. The molecule has 1 aromatic heterocycles. The van der Waals surface area contributed by atoms with Crippen molar-refractivity contribution in [3.05, 3.63) is 17.6 Å². The van der Waals surface area contributed by atoms with Crippen LogP contribution < -0.4 is 4.90 Å². The molecule has 4 heterocycles.